The number of benzene rings is 3. The van der Waals surface area contributed by atoms with Crippen LogP contribution in [0.25, 0.3) is 32.9 Å². The van der Waals surface area contributed by atoms with E-state index in [2.05, 4.69) is 82.3 Å². The summed E-state index contributed by atoms with van der Waals surface area (Å²) in [7, 11) is 0. The van der Waals surface area contributed by atoms with Crippen molar-refractivity contribution in [2.45, 2.75) is 92.9 Å². The summed E-state index contributed by atoms with van der Waals surface area (Å²) in [5, 5.41) is 13.6. The molecule has 0 saturated heterocycles. The Morgan fingerprint density at radius 2 is 1.58 bits per heavy atom. The number of hydrogen-bond acceptors (Lipinski definition) is 3. The summed E-state index contributed by atoms with van der Waals surface area (Å²) in [4.78, 5) is 16.9. The van der Waals surface area contributed by atoms with Crippen LogP contribution < -0.4 is 0 Å². The van der Waals surface area contributed by atoms with E-state index in [0.717, 1.165) is 48.9 Å². The van der Waals surface area contributed by atoms with Gasteiger partial charge in [-0.15, -0.1) is 29.1 Å². The Bertz CT molecular complexity index is 1590. The molecule has 1 aliphatic rings. The number of aromatic nitrogens is 1. The Hall–Kier alpha value is -2.81. The predicted octanol–water partition coefficient (Wildman–Crippen LogP) is 10.6. The number of aliphatic hydroxyl groups is 1. The first-order chi connectivity index (χ1) is 20.1. The van der Waals surface area contributed by atoms with E-state index in [9.17, 15) is 9.90 Å². The summed E-state index contributed by atoms with van der Waals surface area (Å²) in [6.45, 7) is 17.3. The van der Waals surface area contributed by atoms with Gasteiger partial charge < -0.3 is 5.11 Å². The molecule has 3 aromatic carbocycles. The molecule has 4 heteroatoms. The van der Waals surface area contributed by atoms with Gasteiger partial charge in [0.25, 0.3) is 0 Å². The molecular weight excluding hydrogens is 707 g/mol. The molecule has 0 amide bonds. The quantitative estimate of drug-likeness (QED) is 0.105. The molecule has 231 valence electrons. The molecule has 0 bridgehead atoms. The third kappa shape index (κ3) is 7.13. The second kappa shape index (κ2) is 14.8. The van der Waals surface area contributed by atoms with Crippen molar-refractivity contribution in [3.8, 4) is 11.3 Å². The zero-order valence-corrected chi connectivity index (χ0v) is 29.6. The van der Waals surface area contributed by atoms with Gasteiger partial charge in [-0.05, 0) is 55.3 Å². The molecule has 1 radical (unpaired) electrons. The summed E-state index contributed by atoms with van der Waals surface area (Å²) in [6, 6.07) is 23.3. The average molecular weight is 755 g/mol. The third-order valence-corrected chi connectivity index (χ3v) is 9.08. The predicted molar refractivity (Wildman–Crippen MR) is 178 cm³/mol. The van der Waals surface area contributed by atoms with Gasteiger partial charge in [0.05, 0.1) is 11.3 Å². The van der Waals surface area contributed by atoms with Crippen molar-refractivity contribution in [2.75, 3.05) is 0 Å². The number of rotatable bonds is 9. The molecule has 43 heavy (non-hydrogen) atoms. The van der Waals surface area contributed by atoms with Crippen molar-refractivity contribution in [2.24, 2.45) is 17.8 Å². The van der Waals surface area contributed by atoms with E-state index in [1.807, 2.05) is 33.8 Å². The van der Waals surface area contributed by atoms with Crippen LogP contribution in [0.5, 0.6) is 0 Å². The molecule has 0 spiro atoms. The Balaban J connectivity index is 0.000000274. The smallest absolute Gasteiger partial charge is 0.162 e. The Morgan fingerprint density at radius 1 is 0.930 bits per heavy atom. The summed E-state index contributed by atoms with van der Waals surface area (Å²) in [6.07, 6.45) is 5.99. The molecule has 0 unspecified atom stereocenters. The first kappa shape index (κ1) is 34.7. The number of pyridine rings is 1. The van der Waals surface area contributed by atoms with Crippen LogP contribution >= 0.6 is 0 Å². The first-order valence-electron chi connectivity index (χ1n) is 15.9. The van der Waals surface area contributed by atoms with Crippen LogP contribution in [0.1, 0.15) is 97.8 Å². The molecule has 4 aromatic rings. The van der Waals surface area contributed by atoms with Crippen LogP contribution in [-0.2, 0) is 36.7 Å². The van der Waals surface area contributed by atoms with Crippen molar-refractivity contribution >= 4 is 27.5 Å². The van der Waals surface area contributed by atoms with Crippen molar-refractivity contribution in [3.63, 3.8) is 0 Å². The summed E-state index contributed by atoms with van der Waals surface area (Å²) in [5.74, 6) is 1.17. The van der Waals surface area contributed by atoms with Gasteiger partial charge in [-0.25, -0.2) is 0 Å². The fourth-order valence-corrected chi connectivity index (χ4v) is 6.45. The molecule has 5 rings (SSSR count). The summed E-state index contributed by atoms with van der Waals surface area (Å²) < 4.78 is 0. The van der Waals surface area contributed by atoms with Crippen molar-refractivity contribution in [1.82, 2.24) is 4.98 Å². The first-order valence-corrected chi connectivity index (χ1v) is 15.9. The minimum atomic E-state index is -0.0802. The van der Waals surface area contributed by atoms with Crippen molar-refractivity contribution in [3.05, 3.63) is 89.2 Å². The second-order valence-electron chi connectivity index (χ2n) is 12.7. The van der Waals surface area contributed by atoms with E-state index in [4.69, 9.17) is 4.98 Å². The topological polar surface area (TPSA) is 50.2 Å². The van der Waals surface area contributed by atoms with Gasteiger partial charge in [-0.3, -0.25) is 9.78 Å². The molecule has 1 heterocycles. The average Bonchev–Trinajstić information content (AvgIpc) is 2.97. The van der Waals surface area contributed by atoms with Crippen molar-refractivity contribution < 1.29 is 30.0 Å². The Morgan fingerprint density at radius 3 is 2.21 bits per heavy atom. The molecule has 1 aliphatic carbocycles. The largest absolute Gasteiger partial charge is 0.512 e. The number of hydrogen-bond donors (Lipinski definition) is 1. The van der Waals surface area contributed by atoms with Crippen molar-refractivity contribution in [1.29, 1.82) is 0 Å². The number of carbonyl (C=O) groups is 1. The molecular formula is C39H48IrNO2-. The number of aliphatic hydroxyl groups excluding tert-OH is 1. The fraction of sp³-hybridized carbons (Fsp3) is 0.436. The number of fused-ring (bicyclic) bond motifs is 3. The maximum atomic E-state index is 11.7. The van der Waals surface area contributed by atoms with Gasteiger partial charge in [-0.1, -0.05) is 108 Å². The standard InChI is InChI=1S/C26H24N.C13H24O2.Ir/c1-16(2)14-18-10-7-13-23-20(18)15-22-25(27-23)19-11-5-8-17-9-6-12-21(24(17)19)26(22,3)4;1-5-10(6-2)12(14)9-13(15)11(7-3)8-4;/h5-10,12-13,15-16H,14H2,1-4H3;9-11,14H,5-8H2,1-4H3;/q-1;;/b;12-9-;. The van der Waals surface area contributed by atoms with E-state index in [0.29, 0.717) is 5.92 Å². The molecule has 3 nitrogen and oxygen atoms in total. The number of carbonyl (C=O) groups excluding carboxylic acids is 1. The molecule has 0 atom stereocenters. The van der Waals surface area contributed by atoms with Gasteiger partial charge in [0, 0.05) is 48.8 Å². The van der Waals surface area contributed by atoms with Crippen LogP contribution in [0.2, 0.25) is 0 Å². The van der Waals surface area contributed by atoms with Gasteiger partial charge in [0.1, 0.15) is 0 Å². The van der Waals surface area contributed by atoms with Gasteiger partial charge in [0.2, 0.25) is 0 Å². The monoisotopic (exact) mass is 755 g/mol. The molecule has 0 aliphatic heterocycles. The fourth-order valence-electron chi connectivity index (χ4n) is 6.45. The van der Waals surface area contributed by atoms with Crippen LogP contribution in [0, 0.1) is 23.8 Å². The van der Waals surface area contributed by atoms with E-state index in [1.165, 1.54) is 38.9 Å². The van der Waals surface area contributed by atoms with Gasteiger partial charge in [0.15, 0.2) is 5.78 Å². The summed E-state index contributed by atoms with van der Waals surface area (Å²) >= 11 is 0. The molecule has 1 N–H and O–H groups in total. The van der Waals surface area contributed by atoms with E-state index in [-0.39, 0.29) is 48.9 Å². The minimum Gasteiger partial charge on any atom is -0.512 e. The minimum absolute atomic E-state index is 0. The molecule has 0 fully saturated rings. The van der Waals surface area contributed by atoms with Gasteiger partial charge >= 0.3 is 0 Å². The van der Waals surface area contributed by atoms with E-state index >= 15 is 0 Å². The zero-order valence-electron chi connectivity index (χ0n) is 27.2. The number of nitrogens with zero attached hydrogens (tertiary/aromatic N) is 1. The molecule has 0 saturated carbocycles. The van der Waals surface area contributed by atoms with Crippen LogP contribution in [0.4, 0.5) is 0 Å². The maximum absolute atomic E-state index is 11.7. The van der Waals surface area contributed by atoms with Crippen LogP contribution in [-0.4, -0.2) is 15.9 Å². The van der Waals surface area contributed by atoms with Crippen LogP contribution in [0.15, 0.2) is 66.4 Å². The maximum Gasteiger partial charge on any atom is 0.162 e. The number of allylic oxidation sites excluding steroid dienone is 2. The van der Waals surface area contributed by atoms with Crippen LogP contribution in [0.3, 0.4) is 0 Å². The molecule has 1 aromatic heterocycles. The normalized spacial score (nSPS) is 13.6. The third-order valence-electron chi connectivity index (χ3n) is 9.08. The van der Waals surface area contributed by atoms with E-state index in [1.54, 1.807) is 0 Å². The van der Waals surface area contributed by atoms with Gasteiger partial charge in [-0.2, -0.15) is 0 Å². The Kier molecular flexibility index (Phi) is 11.9. The Labute approximate surface area is 272 Å². The summed E-state index contributed by atoms with van der Waals surface area (Å²) in [5.41, 5.74) is 7.34. The second-order valence-corrected chi connectivity index (χ2v) is 12.7. The van der Waals surface area contributed by atoms with E-state index < -0.39 is 0 Å². The zero-order chi connectivity index (χ0) is 30.6. The number of ketones is 1. The SMILES string of the molecule is CC(C)Cc1cccc2nc3c(cc12)C(C)(C)c1cccc2cc[c-]c-3c12.CCC(CC)C(=O)/C=C(\O)C(CC)CC.[Ir].